The molecule has 1 aliphatic heterocycles. The summed E-state index contributed by atoms with van der Waals surface area (Å²) in [5.41, 5.74) is 1.31. The quantitative estimate of drug-likeness (QED) is 0.461. The highest BCUT2D eigenvalue weighted by Crippen LogP contribution is 2.23. The molecule has 0 aromatic heterocycles. The van der Waals surface area contributed by atoms with Crippen LogP contribution in [-0.4, -0.2) is 38.3 Å². The Balaban J connectivity index is 1.66. The molecule has 0 spiro atoms. The van der Waals surface area contributed by atoms with Gasteiger partial charge in [0.15, 0.2) is 5.96 Å². The lowest BCUT2D eigenvalue weighted by atomic mass is 10.0. The molecule has 1 aromatic carbocycles. The van der Waals surface area contributed by atoms with E-state index < -0.39 is 0 Å². The van der Waals surface area contributed by atoms with E-state index in [9.17, 15) is 0 Å². The first-order valence-electron chi connectivity index (χ1n) is 7.94. The molecule has 4 nitrogen and oxygen atoms in total. The van der Waals surface area contributed by atoms with Gasteiger partial charge in [-0.05, 0) is 50.3 Å². The summed E-state index contributed by atoms with van der Waals surface area (Å²) in [5, 5.41) is 6.73. The summed E-state index contributed by atoms with van der Waals surface area (Å²) in [6.07, 6.45) is 4.39. The van der Waals surface area contributed by atoms with Crippen LogP contribution in [-0.2, 0) is 11.2 Å². The molecule has 1 aromatic rings. The number of rotatable bonds is 6. The van der Waals surface area contributed by atoms with Crippen molar-refractivity contribution in [3.63, 3.8) is 0 Å². The number of halogens is 1. The Morgan fingerprint density at radius 2 is 2.27 bits per heavy atom. The van der Waals surface area contributed by atoms with Crippen molar-refractivity contribution in [2.45, 2.75) is 38.2 Å². The Morgan fingerprint density at radius 3 is 2.95 bits per heavy atom. The van der Waals surface area contributed by atoms with Gasteiger partial charge in [-0.3, -0.25) is 4.99 Å². The van der Waals surface area contributed by atoms with Gasteiger partial charge in [-0.2, -0.15) is 0 Å². The lowest BCUT2D eigenvalue weighted by Crippen LogP contribution is -2.45. The molecule has 0 radical (unpaired) electrons. The molecule has 22 heavy (non-hydrogen) atoms. The minimum absolute atomic E-state index is 0.0477. The molecular formula is C17H26BrN3O. The van der Waals surface area contributed by atoms with Crippen LogP contribution in [0.2, 0.25) is 0 Å². The second-order valence-corrected chi connectivity index (χ2v) is 6.90. The molecule has 1 saturated heterocycles. The molecule has 0 amide bonds. The van der Waals surface area contributed by atoms with Crippen molar-refractivity contribution in [2.24, 2.45) is 4.99 Å². The predicted octanol–water partition coefficient (Wildman–Crippen LogP) is 3.12. The molecular weight excluding hydrogens is 342 g/mol. The van der Waals surface area contributed by atoms with Gasteiger partial charge in [0.2, 0.25) is 0 Å². The van der Waals surface area contributed by atoms with Gasteiger partial charge in [-0.25, -0.2) is 0 Å². The zero-order valence-electron chi connectivity index (χ0n) is 13.5. The highest BCUT2D eigenvalue weighted by atomic mass is 79.9. The Morgan fingerprint density at radius 1 is 1.41 bits per heavy atom. The molecule has 1 fully saturated rings. The molecule has 2 N–H and O–H groups in total. The highest BCUT2D eigenvalue weighted by molar-refractivity contribution is 9.10. The van der Waals surface area contributed by atoms with Gasteiger partial charge in [-0.1, -0.05) is 28.1 Å². The van der Waals surface area contributed by atoms with Crippen LogP contribution in [0.5, 0.6) is 0 Å². The van der Waals surface area contributed by atoms with Crippen LogP contribution < -0.4 is 10.6 Å². The van der Waals surface area contributed by atoms with Gasteiger partial charge < -0.3 is 15.4 Å². The summed E-state index contributed by atoms with van der Waals surface area (Å²) in [7, 11) is 1.81. The fourth-order valence-corrected chi connectivity index (χ4v) is 3.11. The van der Waals surface area contributed by atoms with Gasteiger partial charge in [0.1, 0.15) is 0 Å². The molecule has 0 bridgehead atoms. The Kier molecular flexibility index (Phi) is 6.70. The summed E-state index contributed by atoms with van der Waals surface area (Å²) in [6.45, 7) is 4.74. The number of hydrogen-bond donors (Lipinski definition) is 2. The molecule has 0 saturated carbocycles. The Bertz CT molecular complexity index is 498. The average Bonchev–Trinajstić information content (AvgIpc) is 2.94. The standard InChI is InChI=1S/C17H26BrN3O/c1-17(9-5-11-22-17)13-21-16(19-2)20-10-4-7-14-6-3-8-15(18)12-14/h3,6,8,12H,4-5,7,9-11,13H2,1-2H3,(H2,19,20,21). The minimum atomic E-state index is -0.0477. The molecule has 1 aliphatic rings. The molecule has 5 heteroatoms. The third kappa shape index (κ3) is 5.61. The van der Waals surface area contributed by atoms with Crippen molar-refractivity contribution < 1.29 is 4.74 Å². The van der Waals surface area contributed by atoms with E-state index in [4.69, 9.17) is 4.74 Å². The molecule has 0 aliphatic carbocycles. The van der Waals surface area contributed by atoms with E-state index in [-0.39, 0.29) is 5.60 Å². The van der Waals surface area contributed by atoms with Crippen LogP contribution in [0.25, 0.3) is 0 Å². The number of nitrogens with one attached hydrogen (secondary N) is 2. The zero-order chi connectivity index (χ0) is 15.8. The normalized spacial score (nSPS) is 21.9. The van der Waals surface area contributed by atoms with E-state index in [1.54, 1.807) is 0 Å². The first kappa shape index (κ1) is 17.3. The van der Waals surface area contributed by atoms with Crippen molar-refractivity contribution in [1.82, 2.24) is 10.6 Å². The van der Waals surface area contributed by atoms with Crippen LogP contribution in [0.1, 0.15) is 31.7 Å². The van der Waals surface area contributed by atoms with E-state index in [0.717, 1.165) is 55.8 Å². The summed E-state index contributed by atoms with van der Waals surface area (Å²) in [4.78, 5) is 4.27. The van der Waals surface area contributed by atoms with Crippen LogP contribution in [0.15, 0.2) is 33.7 Å². The fourth-order valence-electron chi connectivity index (χ4n) is 2.66. The zero-order valence-corrected chi connectivity index (χ0v) is 15.1. The third-order valence-electron chi connectivity index (χ3n) is 3.98. The minimum Gasteiger partial charge on any atom is -0.373 e. The molecule has 1 heterocycles. The lowest BCUT2D eigenvalue weighted by molar-refractivity contribution is 0.0243. The van der Waals surface area contributed by atoms with E-state index in [2.05, 4.69) is 62.7 Å². The predicted molar refractivity (Wildman–Crippen MR) is 95.4 cm³/mol. The first-order valence-corrected chi connectivity index (χ1v) is 8.73. The highest BCUT2D eigenvalue weighted by Gasteiger charge is 2.29. The number of aliphatic imine (C=N–C) groups is 1. The van der Waals surface area contributed by atoms with Crippen molar-refractivity contribution in [3.05, 3.63) is 34.3 Å². The summed E-state index contributed by atoms with van der Waals surface area (Å²) < 4.78 is 6.92. The first-order chi connectivity index (χ1) is 10.6. The van der Waals surface area contributed by atoms with Crippen molar-refractivity contribution in [1.29, 1.82) is 0 Å². The molecule has 1 atom stereocenters. The number of aryl methyl sites for hydroxylation is 1. The number of ether oxygens (including phenoxy) is 1. The maximum absolute atomic E-state index is 5.78. The Labute approximate surface area is 141 Å². The number of guanidine groups is 1. The molecule has 2 rings (SSSR count). The summed E-state index contributed by atoms with van der Waals surface area (Å²) in [6, 6.07) is 8.47. The lowest BCUT2D eigenvalue weighted by Gasteiger charge is -2.24. The van der Waals surface area contributed by atoms with Crippen molar-refractivity contribution in [3.8, 4) is 0 Å². The van der Waals surface area contributed by atoms with Crippen LogP contribution >= 0.6 is 15.9 Å². The molecule has 1 unspecified atom stereocenters. The second kappa shape index (κ2) is 8.53. The number of nitrogens with zero attached hydrogens (tertiary/aromatic N) is 1. The van der Waals surface area contributed by atoms with Crippen LogP contribution in [0.3, 0.4) is 0 Å². The third-order valence-corrected chi connectivity index (χ3v) is 4.47. The van der Waals surface area contributed by atoms with Gasteiger partial charge >= 0.3 is 0 Å². The maximum Gasteiger partial charge on any atom is 0.191 e. The summed E-state index contributed by atoms with van der Waals surface area (Å²) in [5.74, 6) is 0.853. The van der Waals surface area contributed by atoms with Gasteiger partial charge in [0, 0.05) is 31.2 Å². The van der Waals surface area contributed by atoms with Gasteiger partial charge in [0.25, 0.3) is 0 Å². The maximum atomic E-state index is 5.78. The van der Waals surface area contributed by atoms with Crippen LogP contribution in [0.4, 0.5) is 0 Å². The van der Waals surface area contributed by atoms with Gasteiger partial charge in [0.05, 0.1) is 5.60 Å². The van der Waals surface area contributed by atoms with Crippen LogP contribution in [0, 0.1) is 0 Å². The SMILES string of the molecule is CN=C(NCCCc1cccc(Br)c1)NCC1(C)CCCO1. The smallest absolute Gasteiger partial charge is 0.191 e. The average molecular weight is 368 g/mol. The molecule has 122 valence electrons. The Hall–Kier alpha value is -1.07. The number of hydrogen-bond acceptors (Lipinski definition) is 2. The van der Waals surface area contributed by atoms with E-state index in [0.29, 0.717) is 0 Å². The van der Waals surface area contributed by atoms with Crippen molar-refractivity contribution >= 4 is 21.9 Å². The largest absolute Gasteiger partial charge is 0.373 e. The van der Waals surface area contributed by atoms with Crippen molar-refractivity contribution in [2.75, 3.05) is 26.7 Å². The van der Waals surface area contributed by atoms with E-state index >= 15 is 0 Å². The fraction of sp³-hybridized carbons (Fsp3) is 0.588. The van der Waals surface area contributed by atoms with Gasteiger partial charge in [-0.15, -0.1) is 0 Å². The topological polar surface area (TPSA) is 45.7 Å². The second-order valence-electron chi connectivity index (χ2n) is 5.99. The monoisotopic (exact) mass is 367 g/mol. The number of benzene rings is 1. The van der Waals surface area contributed by atoms with E-state index in [1.165, 1.54) is 5.56 Å². The summed E-state index contributed by atoms with van der Waals surface area (Å²) >= 11 is 3.51. The van der Waals surface area contributed by atoms with E-state index in [1.807, 2.05) is 7.05 Å².